The molecule has 0 saturated heterocycles. The van der Waals surface area contributed by atoms with E-state index in [0.29, 0.717) is 11.5 Å². The van der Waals surface area contributed by atoms with Crippen molar-refractivity contribution in [1.82, 2.24) is 4.57 Å². The standard InChI is InChI=1S/C19H19NO2S2/c1-20-16(14-23(21)18-8-4-2-5-9-18)12-13-17(20)15-24(22)19-10-6-3-7-11-19/h2-13H,14-15H2,1H3. The van der Waals surface area contributed by atoms with Crippen LogP contribution in [0.25, 0.3) is 0 Å². The van der Waals surface area contributed by atoms with Crippen molar-refractivity contribution < 1.29 is 8.42 Å². The van der Waals surface area contributed by atoms with Crippen LogP contribution in [0.2, 0.25) is 0 Å². The maximum absolute atomic E-state index is 12.5. The fourth-order valence-electron chi connectivity index (χ4n) is 2.47. The molecule has 0 N–H and O–H groups in total. The molecule has 3 aromatic rings. The molecule has 0 saturated carbocycles. The van der Waals surface area contributed by atoms with Crippen molar-refractivity contribution in [2.75, 3.05) is 0 Å². The molecule has 0 aliphatic carbocycles. The summed E-state index contributed by atoms with van der Waals surface area (Å²) in [4.78, 5) is 1.65. The van der Waals surface area contributed by atoms with E-state index in [-0.39, 0.29) is 0 Å². The number of hydrogen-bond donors (Lipinski definition) is 0. The minimum atomic E-state index is -1.08. The molecule has 1 aromatic heterocycles. The number of rotatable bonds is 6. The normalized spacial score (nSPS) is 13.5. The van der Waals surface area contributed by atoms with Crippen molar-refractivity contribution >= 4 is 21.6 Å². The molecular formula is C19H19NO2S2. The minimum Gasteiger partial charge on any atom is -0.350 e. The third-order valence-corrected chi connectivity index (χ3v) is 6.61. The number of nitrogens with zero attached hydrogens (tertiary/aromatic N) is 1. The van der Waals surface area contributed by atoms with E-state index in [0.717, 1.165) is 21.2 Å². The SMILES string of the molecule is Cn1c(CS(=O)c2ccccc2)ccc1CS(=O)c1ccccc1. The summed E-state index contributed by atoms with van der Waals surface area (Å²) < 4.78 is 26.9. The fraction of sp³-hybridized carbons (Fsp3) is 0.158. The molecule has 2 atom stereocenters. The first-order valence-electron chi connectivity index (χ1n) is 7.65. The highest BCUT2D eigenvalue weighted by Gasteiger charge is 2.12. The van der Waals surface area contributed by atoms with Crippen LogP contribution in [0.5, 0.6) is 0 Å². The first-order chi connectivity index (χ1) is 11.6. The van der Waals surface area contributed by atoms with Gasteiger partial charge in [-0.15, -0.1) is 0 Å². The summed E-state index contributed by atoms with van der Waals surface area (Å²) in [6.07, 6.45) is 0. The topological polar surface area (TPSA) is 39.1 Å². The van der Waals surface area contributed by atoms with Crippen molar-refractivity contribution in [1.29, 1.82) is 0 Å². The Kier molecular flexibility index (Phi) is 5.43. The molecule has 2 aromatic carbocycles. The van der Waals surface area contributed by atoms with E-state index in [4.69, 9.17) is 0 Å². The maximum Gasteiger partial charge on any atom is 0.0685 e. The average molecular weight is 358 g/mol. The van der Waals surface area contributed by atoms with Crippen LogP contribution in [-0.4, -0.2) is 13.0 Å². The van der Waals surface area contributed by atoms with Gasteiger partial charge in [0.2, 0.25) is 0 Å². The van der Waals surface area contributed by atoms with Crippen LogP contribution < -0.4 is 0 Å². The van der Waals surface area contributed by atoms with Gasteiger partial charge < -0.3 is 4.57 Å². The molecule has 0 spiro atoms. The second kappa shape index (κ2) is 7.73. The Morgan fingerprint density at radius 2 is 1.04 bits per heavy atom. The van der Waals surface area contributed by atoms with Crippen LogP contribution in [-0.2, 0) is 40.2 Å². The molecule has 0 bridgehead atoms. The van der Waals surface area contributed by atoms with Crippen LogP contribution in [0.1, 0.15) is 11.4 Å². The average Bonchev–Trinajstić information content (AvgIpc) is 2.96. The predicted molar refractivity (Wildman–Crippen MR) is 98.5 cm³/mol. The Morgan fingerprint density at radius 1 is 0.667 bits per heavy atom. The lowest BCUT2D eigenvalue weighted by Gasteiger charge is -2.08. The van der Waals surface area contributed by atoms with Gasteiger partial charge in [0, 0.05) is 28.2 Å². The van der Waals surface area contributed by atoms with Gasteiger partial charge in [0.1, 0.15) is 0 Å². The van der Waals surface area contributed by atoms with Gasteiger partial charge in [-0.05, 0) is 36.4 Å². The predicted octanol–water partition coefficient (Wildman–Crippen LogP) is 3.64. The first-order valence-corrected chi connectivity index (χ1v) is 10.3. The van der Waals surface area contributed by atoms with Gasteiger partial charge in [0.15, 0.2) is 0 Å². The molecule has 0 fully saturated rings. The summed E-state index contributed by atoms with van der Waals surface area (Å²) >= 11 is 0. The molecule has 1 heterocycles. The van der Waals surface area contributed by atoms with Crippen molar-refractivity contribution in [3.8, 4) is 0 Å². The van der Waals surface area contributed by atoms with Crippen molar-refractivity contribution in [2.45, 2.75) is 21.3 Å². The van der Waals surface area contributed by atoms with Gasteiger partial charge in [-0.2, -0.15) is 0 Å². The number of hydrogen-bond acceptors (Lipinski definition) is 2. The van der Waals surface area contributed by atoms with Crippen LogP contribution in [0, 0.1) is 0 Å². The lowest BCUT2D eigenvalue weighted by atomic mass is 10.4. The zero-order valence-corrected chi connectivity index (χ0v) is 15.1. The smallest absolute Gasteiger partial charge is 0.0685 e. The van der Waals surface area contributed by atoms with Gasteiger partial charge in [-0.25, -0.2) is 0 Å². The second-order valence-electron chi connectivity index (χ2n) is 5.48. The molecule has 3 rings (SSSR count). The molecule has 0 amide bonds. The lowest BCUT2D eigenvalue weighted by Crippen LogP contribution is -2.07. The zero-order chi connectivity index (χ0) is 16.9. The zero-order valence-electron chi connectivity index (χ0n) is 13.4. The Hall–Kier alpha value is -1.98. The van der Waals surface area contributed by atoms with E-state index < -0.39 is 21.6 Å². The number of benzene rings is 2. The van der Waals surface area contributed by atoms with Crippen molar-refractivity contribution in [2.24, 2.45) is 7.05 Å². The van der Waals surface area contributed by atoms with E-state index in [2.05, 4.69) is 0 Å². The molecule has 2 unspecified atom stereocenters. The Balaban J connectivity index is 1.72. The Morgan fingerprint density at radius 3 is 1.42 bits per heavy atom. The quantitative estimate of drug-likeness (QED) is 0.676. The molecular weight excluding hydrogens is 338 g/mol. The summed E-state index contributed by atoms with van der Waals surface area (Å²) in [5.41, 5.74) is 1.97. The van der Waals surface area contributed by atoms with Gasteiger partial charge >= 0.3 is 0 Å². The summed E-state index contributed by atoms with van der Waals surface area (Å²) in [5.74, 6) is 0.914. The van der Waals surface area contributed by atoms with Crippen LogP contribution in [0.3, 0.4) is 0 Å². The third kappa shape index (κ3) is 3.91. The van der Waals surface area contributed by atoms with E-state index in [1.54, 1.807) is 0 Å². The molecule has 24 heavy (non-hydrogen) atoms. The highest BCUT2D eigenvalue weighted by Crippen LogP contribution is 2.17. The minimum absolute atomic E-state index is 0.457. The van der Waals surface area contributed by atoms with Crippen LogP contribution >= 0.6 is 0 Å². The third-order valence-electron chi connectivity index (χ3n) is 3.90. The van der Waals surface area contributed by atoms with Gasteiger partial charge in [-0.3, -0.25) is 8.42 Å². The van der Waals surface area contributed by atoms with Gasteiger partial charge in [0.25, 0.3) is 0 Å². The molecule has 0 aliphatic heterocycles. The molecule has 0 aliphatic rings. The van der Waals surface area contributed by atoms with Gasteiger partial charge in [0.05, 0.1) is 33.1 Å². The highest BCUT2D eigenvalue weighted by atomic mass is 32.2. The summed E-state index contributed by atoms with van der Waals surface area (Å²) in [5, 5.41) is 0. The largest absolute Gasteiger partial charge is 0.350 e. The van der Waals surface area contributed by atoms with E-state index in [1.165, 1.54) is 0 Å². The van der Waals surface area contributed by atoms with Crippen molar-refractivity contribution in [3.63, 3.8) is 0 Å². The van der Waals surface area contributed by atoms with E-state index in [1.807, 2.05) is 84.4 Å². The van der Waals surface area contributed by atoms with E-state index >= 15 is 0 Å². The monoisotopic (exact) mass is 357 g/mol. The molecule has 124 valence electrons. The highest BCUT2D eigenvalue weighted by molar-refractivity contribution is 7.84. The molecule has 3 nitrogen and oxygen atoms in total. The Labute approximate surface area is 147 Å². The lowest BCUT2D eigenvalue weighted by molar-refractivity contribution is 0.678. The van der Waals surface area contributed by atoms with Crippen molar-refractivity contribution in [3.05, 3.63) is 84.2 Å². The fourth-order valence-corrected chi connectivity index (χ4v) is 4.84. The maximum atomic E-state index is 12.5. The van der Waals surface area contributed by atoms with E-state index in [9.17, 15) is 8.42 Å². The summed E-state index contributed by atoms with van der Waals surface area (Å²) in [6.45, 7) is 0. The Bertz CT molecular complexity index is 787. The molecule has 5 heteroatoms. The second-order valence-corrected chi connectivity index (χ2v) is 8.38. The van der Waals surface area contributed by atoms with Gasteiger partial charge in [-0.1, -0.05) is 36.4 Å². The van der Waals surface area contributed by atoms with Crippen LogP contribution in [0.4, 0.5) is 0 Å². The van der Waals surface area contributed by atoms with Crippen LogP contribution in [0.15, 0.2) is 82.6 Å². The molecule has 0 radical (unpaired) electrons. The summed E-state index contributed by atoms with van der Waals surface area (Å²) in [6, 6.07) is 22.9. The first kappa shape index (κ1) is 16.9. The summed E-state index contributed by atoms with van der Waals surface area (Å²) in [7, 11) is -0.214. The number of aromatic nitrogens is 1.